The van der Waals surface area contributed by atoms with Crippen LogP contribution in [0.1, 0.15) is 68.7 Å². The van der Waals surface area contributed by atoms with Crippen LogP contribution in [0, 0.1) is 17.8 Å². The molecule has 1 saturated carbocycles. The Bertz CT molecular complexity index is 1340. The normalized spacial score (nSPS) is 19.9. The molecule has 2 aliphatic heterocycles. The predicted molar refractivity (Wildman–Crippen MR) is 156 cm³/mol. The number of hydrogen-bond donors (Lipinski definition) is 3. The number of carbonyl (C=O) groups excluding carboxylic acids is 2. The number of ether oxygens (including phenoxy) is 1. The minimum atomic E-state index is -2.92. The molecule has 5 rings (SSSR count). The zero-order chi connectivity index (χ0) is 31.7. The van der Waals surface area contributed by atoms with Gasteiger partial charge in [-0.1, -0.05) is 51.3 Å². The molecule has 2 aromatic heterocycles. The maximum absolute atomic E-state index is 13.5. The molecule has 2 aromatic rings. The monoisotopic (exact) mass is 624 g/mol. The quantitative estimate of drug-likeness (QED) is 0.299. The largest absolute Gasteiger partial charge is 0.494 e. The smallest absolute Gasteiger partial charge is 0.282 e. The van der Waals surface area contributed by atoms with Gasteiger partial charge in [0.2, 0.25) is 5.91 Å². The molecule has 1 aliphatic carbocycles. The Morgan fingerprint density at radius 2 is 1.79 bits per heavy atom. The van der Waals surface area contributed by atoms with Crippen molar-refractivity contribution in [2.45, 2.75) is 70.2 Å². The van der Waals surface area contributed by atoms with Crippen molar-refractivity contribution in [3.63, 3.8) is 0 Å². The summed E-state index contributed by atoms with van der Waals surface area (Å²) in [7, 11) is 1.32. The highest BCUT2D eigenvalue weighted by Gasteiger charge is 2.46. The van der Waals surface area contributed by atoms with Crippen molar-refractivity contribution >= 4 is 23.6 Å². The van der Waals surface area contributed by atoms with Crippen molar-refractivity contribution < 1.29 is 31.9 Å². The van der Waals surface area contributed by atoms with Crippen LogP contribution in [0.2, 0.25) is 0 Å². The van der Waals surface area contributed by atoms with E-state index in [0.717, 1.165) is 30.0 Å². The number of rotatable bonds is 7. The van der Waals surface area contributed by atoms with Gasteiger partial charge in [0.25, 0.3) is 18.3 Å². The number of likely N-dealkylation sites (tertiary alicyclic amines) is 1. The van der Waals surface area contributed by atoms with Gasteiger partial charge in [0.15, 0.2) is 0 Å². The topological polar surface area (TPSA) is 108 Å². The van der Waals surface area contributed by atoms with Gasteiger partial charge in [-0.2, -0.15) is 0 Å². The molecule has 3 fully saturated rings. The maximum Gasteiger partial charge on any atom is 0.282 e. The number of carbonyl (C=O) groups is 2. The van der Waals surface area contributed by atoms with Crippen LogP contribution < -0.4 is 20.9 Å². The lowest BCUT2D eigenvalue weighted by Gasteiger charge is -2.38. The van der Waals surface area contributed by atoms with Crippen molar-refractivity contribution in [2.75, 3.05) is 20.2 Å². The number of methoxy groups -OCH3 is 1. The Hall–Kier alpha value is -3.41. The summed E-state index contributed by atoms with van der Waals surface area (Å²) in [6.45, 7) is 6.64. The van der Waals surface area contributed by atoms with Crippen LogP contribution in [0.25, 0.3) is 11.1 Å². The minimum absolute atomic E-state index is 0.0290. The summed E-state index contributed by atoms with van der Waals surface area (Å²) in [5.41, 5.74) is 5.35. The van der Waals surface area contributed by atoms with Crippen LogP contribution in [-0.2, 0) is 11.2 Å². The maximum atomic E-state index is 13.5. The molecule has 0 bridgehead atoms. The fraction of sp³-hybridized carbons (Fsp3) is 0.517. The van der Waals surface area contributed by atoms with Crippen molar-refractivity contribution in [3.05, 3.63) is 41.5 Å². The van der Waals surface area contributed by atoms with E-state index in [0.29, 0.717) is 5.92 Å². The Labute approximate surface area is 252 Å². The average molecular weight is 625 g/mol. The van der Waals surface area contributed by atoms with E-state index in [-0.39, 0.29) is 39.9 Å². The first-order valence-corrected chi connectivity index (χ1v) is 15.0. The van der Waals surface area contributed by atoms with Gasteiger partial charge in [-0.25, -0.2) is 28.4 Å². The van der Waals surface area contributed by atoms with E-state index >= 15 is 0 Å². The predicted octanol–water partition coefficient (Wildman–Crippen LogP) is 4.76. The molecule has 4 heterocycles. The fourth-order valence-electron chi connectivity index (χ4n) is 4.02. The molecule has 2 amide bonds. The molecular formula is C29H36F4N6O3S. The van der Waals surface area contributed by atoms with E-state index < -0.39 is 48.4 Å². The molecule has 0 spiro atoms. The van der Waals surface area contributed by atoms with Crippen LogP contribution in [-0.4, -0.2) is 63.7 Å². The van der Waals surface area contributed by atoms with E-state index in [1.54, 1.807) is 0 Å². The SMILES string of the molecule is CC.CC.COc1cnc(C(F)F)cc1-c1cc(CC(=O)N2CC(F)(F)C2)ncc1C(=O)NC1NNC(C#CC2CC2)S1. The second-order valence-corrected chi connectivity index (χ2v) is 10.6. The van der Waals surface area contributed by atoms with Crippen molar-refractivity contribution in [1.29, 1.82) is 0 Å². The summed E-state index contributed by atoms with van der Waals surface area (Å²) < 4.78 is 58.7. The lowest BCUT2D eigenvalue weighted by Crippen LogP contribution is -2.58. The second kappa shape index (κ2) is 15.4. The first-order valence-electron chi connectivity index (χ1n) is 14.1. The molecular weight excluding hydrogens is 588 g/mol. The third kappa shape index (κ3) is 9.04. The van der Waals surface area contributed by atoms with Gasteiger partial charge >= 0.3 is 0 Å². The van der Waals surface area contributed by atoms with Gasteiger partial charge in [0.1, 0.15) is 22.3 Å². The highest BCUT2D eigenvalue weighted by Crippen LogP contribution is 2.35. The second-order valence-electron chi connectivity index (χ2n) is 9.34. The number of thioether (sulfide) groups is 1. The van der Waals surface area contributed by atoms with E-state index in [1.165, 1.54) is 31.1 Å². The summed E-state index contributed by atoms with van der Waals surface area (Å²) in [6, 6.07) is 2.50. The number of aromatic nitrogens is 2. The Kier molecular flexibility index (Phi) is 12.2. The minimum Gasteiger partial charge on any atom is -0.494 e. The molecule has 2 atom stereocenters. The highest BCUT2D eigenvalue weighted by atomic mass is 32.2. The number of nitrogens with one attached hydrogen (secondary N) is 3. The Balaban J connectivity index is 0.00000121. The van der Waals surface area contributed by atoms with E-state index in [4.69, 9.17) is 4.74 Å². The van der Waals surface area contributed by atoms with Gasteiger partial charge in [0.05, 0.1) is 44.1 Å². The van der Waals surface area contributed by atoms with Crippen LogP contribution >= 0.6 is 11.8 Å². The zero-order valence-electron chi connectivity index (χ0n) is 24.6. The van der Waals surface area contributed by atoms with Crippen molar-refractivity contribution in [1.82, 2.24) is 31.0 Å². The molecule has 2 unspecified atom stereocenters. The van der Waals surface area contributed by atoms with Gasteiger partial charge in [0, 0.05) is 23.2 Å². The molecule has 0 radical (unpaired) electrons. The van der Waals surface area contributed by atoms with Crippen molar-refractivity contribution in [3.8, 4) is 28.7 Å². The van der Waals surface area contributed by atoms with E-state index in [1.807, 2.05) is 27.7 Å². The van der Waals surface area contributed by atoms with E-state index in [9.17, 15) is 27.2 Å². The lowest BCUT2D eigenvalue weighted by atomic mass is 9.98. The molecule has 0 aromatic carbocycles. The number of halogens is 4. The summed E-state index contributed by atoms with van der Waals surface area (Å²) in [5, 5.41) is 2.57. The lowest BCUT2D eigenvalue weighted by molar-refractivity contribution is -0.165. The number of alkyl halides is 4. The molecule has 14 heteroatoms. The summed E-state index contributed by atoms with van der Waals surface area (Å²) >= 11 is 1.35. The van der Waals surface area contributed by atoms with Crippen LogP contribution in [0.15, 0.2) is 24.5 Å². The summed E-state index contributed by atoms with van der Waals surface area (Å²) in [4.78, 5) is 34.7. The zero-order valence-corrected chi connectivity index (χ0v) is 25.5. The van der Waals surface area contributed by atoms with Gasteiger partial charge in [-0.3, -0.25) is 19.6 Å². The molecule has 2 saturated heterocycles. The van der Waals surface area contributed by atoms with Crippen LogP contribution in [0.5, 0.6) is 5.75 Å². The molecule has 234 valence electrons. The number of nitrogens with zero attached hydrogens (tertiary/aromatic N) is 3. The van der Waals surface area contributed by atoms with Crippen LogP contribution in [0.4, 0.5) is 17.6 Å². The van der Waals surface area contributed by atoms with Gasteiger partial charge in [-0.05, 0) is 25.0 Å². The van der Waals surface area contributed by atoms with E-state index in [2.05, 4.69) is 38.0 Å². The number of pyridine rings is 2. The fourth-order valence-corrected chi connectivity index (χ4v) is 4.88. The highest BCUT2D eigenvalue weighted by molar-refractivity contribution is 8.00. The van der Waals surface area contributed by atoms with Crippen LogP contribution in [0.3, 0.4) is 0 Å². The summed E-state index contributed by atoms with van der Waals surface area (Å²) in [5.74, 6) is 2.74. The van der Waals surface area contributed by atoms with Gasteiger partial charge in [-0.15, -0.1) is 0 Å². The number of amides is 2. The van der Waals surface area contributed by atoms with Gasteiger partial charge < -0.3 is 15.0 Å². The average Bonchev–Trinajstić information content (AvgIpc) is 3.73. The standard InChI is InChI=1S/C25H24F4N6O3S.2C2H6/c1-38-19-10-31-18(22(26)27)8-16(19)15-6-14(7-21(36)35-11-25(28,29)12-35)30-9-17(15)23(37)32-24-34-33-20(39-24)5-4-13-2-3-13;2*1-2/h6,8-10,13,20,22,24,33-34H,2-3,7,11-12H2,1H3,(H,32,37);2*1-2H3. The third-order valence-electron chi connectivity index (χ3n) is 6.23. The first kappa shape index (κ1) is 34.1. The first-order chi connectivity index (χ1) is 20.6. The Morgan fingerprint density at radius 3 is 2.40 bits per heavy atom. The molecule has 3 N–H and O–H groups in total. The van der Waals surface area contributed by atoms with Crippen molar-refractivity contribution in [2.24, 2.45) is 5.92 Å². The molecule has 43 heavy (non-hydrogen) atoms. The molecule has 9 nitrogen and oxygen atoms in total. The summed E-state index contributed by atoms with van der Waals surface area (Å²) in [6.07, 6.45) is 1.31. The Morgan fingerprint density at radius 1 is 1.09 bits per heavy atom. The number of hydrazine groups is 1. The molecule has 3 aliphatic rings. The third-order valence-corrected chi connectivity index (χ3v) is 7.25. The number of hydrogen-bond acceptors (Lipinski definition) is 8.